The first-order chi connectivity index (χ1) is 35.7. The smallest absolute Gasteiger partial charge is 0.455 e. The van der Waals surface area contributed by atoms with Crippen molar-refractivity contribution in [3.8, 4) is 17.1 Å². The maximum Gasteiger partial charge on any atom is 0.455 e. The molecule has 373 valence electrons. The van der Waals surface area contributed by atoms with Gasteiger partial charge >= 0.3 is 6.18 Å². The van der Waals surface area contributed by atoms with Crippen LogP contribution in [0, 0.1) is 49.4 Å². The number of pyridine rings is 1. The van der Waals surface area contributed by atoms with Crippen LogP contribution in [0.5, 0.6) is 5.75 Å². The number of halogens is 3. The molecule has 1 N–H and O–H groups in total. The number of aromatic nitrogens is 2. The number of hydrogen-bond donors (Lipinski definition) is 1. The summed E-state index contributed by atoms with van der Waals surface area (Å²) in [5.74, 6) is -3.39. The number of rotatable bonds is 9. The van der Waals surface area contributed by atoms with Gasteiger partial charge in [0.15, 0.2) is 14.3 Å². The van der Waals surface area contributed by atoms with Gasteiger partial charge in [-0.1, -0.05) is 213 Å². The summed E-state index contributed by atoms with van der Waals surface area (Å²) in [4.78, 5) is 25.7. The van der Waals surface area contributed by atoms with Crippen molar-refractivity contribution in [2.24, 2.45) is 0 Å². The maximum absolute atomic E-state index is 13.8. The van der Waals surface area contributed by atoms with Crippen molar-refractivity contribution in [2.45, 2.75) is 13.1 Å². The summed E-state index contributed by atoms with van der Waals surface area (Å²) in [7, 11) is -5.47. The molecule has 9 aromatic carbocycles. The van der Waals surface area contributed by atoms with Crippen molar-refractivity contribution in [1.29, 1.82) is 0 Å². The Balaban J connectivity index is 0.000000165. The molecule has 0 atom stereocenters. The van der Waals surface area contributed by atoms with Crippen LogP contribution >= 0.6 is 14.3 Å². The molecule has 0 amide bonds. The van der Waals surface area contributed by atoms with Gasteiger partial charge in [0.2, 0.25) is 0 Å². The summed E-state index contributed by atoms with van der Waals surface area (Å²) in [6, 6.07) is 76.5. The van der Waals surface area contributed by atoms with Gasteiger partial charge in [0.25, 0.3) is 11.3 Å². The molecule has 0 fully saturated rings. The van der Waals surface area contributed by atoms with E-state index in [0.717, 1.165) is 53.0 Å². The molecule has 2 heterocycles. The van der Waals surface area contributed by atoms with Crippen molar-refractivity contribution < 1.29 is 81.6 Å². The van der Waals surface area contributed by atoms with E-state index in [4.69, 9.17) is 0 Å². The molecule has 11 aromatic rings. The van der Waals surface area contributed by atoms with Gasteiger partial charge in [-0.15, -0.1) is 0 Å². The molecule has 0 bridgehead atoms. The zero-order valence-corrected chi connectivity index (χ0v) is 44.5. The second kappa shape index (κ2) is 23.3. The van der Waals surface area contributed by atoms with Crippen LogP contribution in [0.1, 0.15) is 17.3 Å². The fourth-order valence-electron chi connectivity index (χ4n) is 9.10. The molecule has 13 heteroatoms. The molecule has 0 aliphatic rings. The third-order valence-corrected chi connectivity index (χ3v) is 18.8. The van der Waals surface area contributed by atoms with E-state index in [0.29, 0.717) is 10.9 Å². The first-order valence-corrected chi connectivity index (χ1v) is 26.9. The first-order valence-electron chi connectivity index (χ1n) is 23.5. The van der Waals surface area contributed by atoms with Gasteiger partial charge in [-0.25, -0.2) is 0 Å². The molecule has 0 unspecified atom stereocenters. The molecular weight excluding hydrogens is 1120 g/mol. The zero-order chi connectivity index (χ0) is 52.0. The number of Topliss-reactive ketones (excluding diaryl/α,β-unsaturated/α-hetero) is 1. The molecule has 0 spiro atoms. The maximum atomic E-state index is 13.8. The minimum atomic E-state index is -5.34. The zero-order valence-electron chi connectivity index (χ0n) is 40.3. The Morgan fingerprint density at radius 2 is 0.813 bits per heavy atom. The van der Waals surface area contributed by atoms with Crippen LogP contribution in [0.3, 0.4) is 0 Å². The standard InChI is InChI=1S/C29H17F3N2O3.C18H15OP.C15H15OP.Eu/c30-29(31,32)27(36)25-26(35)21-15-20-19-13-7-8-14-22(19)33(17-9-3-1-4-10-17)23(20)16-24(21)34(28(25)37)18-11-5-2-6-12-18;19-20(16-10-4-1-5-11-16,17-12-6-2-7-13-17)18-14-8-3-9-15-18;1-13(2)17(16,14-9-5-3-6-10-14)15-11-7-4-8-12-15;/h1-16,35H;1-15H;3-12H,1H2,2H3;. The van der Waals surface area contributed by atoms with Crippen molar-refractivity contribution in [3.63, 3.8) is 0 Å². The number of benzene rings is 9. The van der Waals surface area contributed by atoms with Crippen LogP contribution < -0.4 is 32.1 Å². The van der Waals surface area contributed by atoms with Gasteiger partial charge < -0.3 is 18.8 Å². The number of alkyl halides is 3. The summed E-state index contributed by atoms with van der Waals surface area (Å²) in [6.45, 7) is 5.75. The van der Waals surface area contributed by atoms with Crippen molar-refractivity contribution in [2.75, 3.05) is 0 Å². The van der Waals surface area contributed by atoms with Gasteiger partial charge in [-0.3, -0.25) is 14.2 Å². The van der Waals surface area contributed by atoms with Crippen LogP contribution in [0.25, 0.3) is 44.1 Å². The van der Waals surface area contributed by atoms with E-state index in [2.05, 4.69) is 6.58 Å². The molecule has 2 aromatic heterocycles. The third-order valence-electron chi connectivity index (χ3n) is 12.6. The van der Waals surface area contributed by atoms with Gasteiger partial charge in [0.1, 0.15) is 11.3 Å². The van der Waals surface area contributed by atoms with E-state index in [-0.39, 0.29) is 66.0 Å². The number of nitrogens with zero attached hydrogens (tertiary/aromatic N) is 2. The molecule has 11 rings (SSSR count). The van der Waals surface area contributed by atoms with Crippen LogP contribution in [0.4, 0.5) is 13.2 Å². The minimum absolute atomic E-state index is 0. The SMILES string of the molecule is C=C(C)P(=O)(c1ccccc1)c1ccccc1.O=C(c1c(O)c2cc3c4ccccc4n(-c4ccccc4)c3cc2n(-c2ccccc2)c1=O)C(F)(F)F.O=P(c1ccccc1)(c1ccccc1)c1ccccc1.[Eu]. The Labute approximate surface area is 472 Å². The Hall–Kier alpha value is -6.97. The molecule has 0 saturated heterocycles. The van der Waals surface area contributed by atoms with E-state index in [9.17, 15) is 37.0 Å². The van der Waals surface area contributed by atoms with Crippen LogP contribution in [0.15, 0.2) is 265 Å². The second-order valence-electron chi connectivity index (χ2n) is 17.2. The largest absolute Gasteiger partial charge is 0.506 e. The number of para-hydroxylation sites is 3. The Morgan fingerprint density at radius 1 is 0.467 bits per heavy atom. The van der Waals surface area contributed by atoms with Gasteiger partial charge in [-0.05, 0) is 54.7 Å². The molecule has 0 aliphatic carbocycles. The number of fused-ring (bicyclic) bond motifs is 4. The molecule has 0 aliphatic heterocycles. The summed E-state index contributed by atoms with van der Waals surface area (Å²) in [6.07, 6.45) is -5.34. The molecule has 0 saturated carbocycles. The fourth-order valence-corrected chi connectivity index (χ4v) is 14.1. The molecule has 75 heavy (non-hydrogen) atoms. The van der Waals surface area contributed by atoms with E-state index in [1.165, 1.54) is 6.07 Å². The summed E-state index contributed by atoms with van der Waals surface area (Å²) in [5.41, 5.74) is 0.220. The summed E-state index contributed by atoms with van der Waals surface area (Å²) < 4.78 is 70.5. The number of aromatic hydroxyl groups is 1. The fraction of sp³-hybridized carbons (Fsp3) is 0.0323. The summed E-state index contributed by atoms with van der Waals surface area (Å²) >= 11 is 0. The topological polar surface area (TPSA) is 98.4 Å². The van der Waals surface area contributed by atoms with Crippen LogP contribution in [-0.2, 0) is 9.13 Å². The molecular formula is C62H47EuF3N2O5P2. The van der Waals surface area contributed by atoms with Crippen molar-refractivity contribution >= 4 is 79.3 Å². The predicted molar refractivity (Wildman–Crippen MR) is 296 cm³/mol. The van der Waals surface area contributed by atoms with Gasteiger partial charge in [0.05, 0.1) is 16.6 Å². The van der Waals surface area contributed by atoms with Crippen LogP contribution in [-0.4, -0.2) is 26.2 Å². The monoisotopic (exact) mass is 1170 g/mol. The number of carbonyl (C=O) groups is 1. The van der Waals surface area contributed by atoms with E-state index in [1.54, 1.807) is 36.4 Å². The van der Waals surface area contributed by atoms with Crippen molar-refractivity contribution in [3.05, 3.63) is 277 Å². The molecule has 7 nitrogen and oxygen atoms in total. The average Bonchev–Trinajstić information content (AvgIpc) is 3.78. The van der Waals surface area contributed by atoms with E-state index in [1.807, 2.05) is 218 Å². The number of hydrogen-bond acceptors (Lipinski definition) is 5. The third kappa shape index (κ3) is 10.8. The van der Waals surface area contributed by atoms with Crippen molar-refractivity contribution in [1.82, 2.24) is 9.13 Å². The molecule has 1 radical (unpaired) electrons. The number of allylic oxidation sites excluding steroid dienone is 1. The predicted octanol–water partition coefficient (Wildman–Crippen LogP) is 13.4. The minimum Gasteiger partial charge on any atom is -0.506 e. The first kappa shape index (κ1) is 54.3. The Bertz CT molecular complexity index is 3810. The number of carbonyl (C=O) groups excluding carboxylic acids is 1. The van der Waals surface area contributed by atoms with Gasteiger partial charge in [-0.2, -0.15) is 13.2 Å². The van der Waals surface area contributed by atoms with E-state index >= 15 is 0 Å². The van der Waals surface area contributed by atoms with Crippen LogP contribution in [0.2, 0.25) is 0 Å². The Kier molecular flexibility index (Phi) is 16.9. The second-order valence-corrected chi connectivity index (χ2v) is 23.0. The quantitative estimate of drug-likeness (QED) is 0.115. The summed E-state index contributed by atoms with van der Waals surface area (Å²) in [5, 5.41) is 17.4. The Morgan fingerprint density at radius 3 is 1.21 bits per heavy atom. The van der Waals surface area contributed by atoms with E-state index < -0.39 is 43.1 Å². The normalized spacial score (nSPS) is 11.4. The number of ketones is 1. The van der Waals surface area contributed by atoms with Gasteiger partial charge in [0, 0.05) is 103 Å². The average molecular weight is 1170 g/mol.